The number of hydrogen-bond donors (Lipinski definition) is 0. The van der Waals surface area contributed by atoms with Crippen molar-refractivity contribution in [2.24, 2.45) is 0 Å². The van der Waals surface area contributed by atoms with Crippen LogP contribution in [0.5, 0.6) is 0 Å². The second-order valence-corrected chi connectivity index (χ2v) is 7.03. The van der Waals surface area contributed by atoms with Gasteiger partial charge in [0.15, 0.2) is 0 Å². The molecule has 0 radical (unpaired) electrons. The fourth-order valence-corrected chi connectivity index (χ4v) is 4.50. The van der Waals surface area contributed by atoms with Crippen LogP contribution in [0.2, 0.25) is 0 Å². The zero-order valence-corrected chi connectivity index (χ0v) is 13.3. The number of β-lactam (4-membered cyclic amide) rings is 1. The summed E-state index contributed by atoms with van der Waals surface area (Å²) in [6, 6.07) is 10.5. The van der Waals surface area contributed by atoms with Crippen molar-refractivity contribution in [3.8, 4) is 0 Å². The minimum absolute atomic E-state index is 0.305. The first kappa shape index (κ1) is 13.1. The van der Waals surface area contributed by atoms with Gasteiger partial charge in [0.2, 0.25) is 0 Å². The van der Waals surface area contributed by atoms with Gasteiger partial charge in [0.1, 0.15) is 0 Å². The molecule has 1 aliphatic rings. The Bertz CT molecular complexity index is 407. The van der Waals surface area contributed by atoms with Crippen LogP contribution in [-0.2, 0) is 10.1 Å². The Kier molecular flexibility index (Phi) is 5.07. The molecule has 17 heavy (non-hydrogen) atoms. The molecule has 1 saturated heterocycles. The third kappa shape index (κ3) is 3.57. The molecule has 1 unspecified atom stereocenters. The Balaban J connectivity index is 1.82. The normalized spacial score (nSPS) is 19.7. The monoisotopic (exact) mass is 407 g/mol. The summed E-state index contributed by atoms with van der Waals surface area (Å²) in [6.07, 6.45) is 2.80. The van der Waals surface area contributed by atoms with Crippen molar-refractivity contribution in [2.45, 2.75) is 16.7 Å². The Hall–Kier alpha value is -0.321. The van der Waals surface area contributed by atoms with Crippen LogP contribution in [0.25, 0.3) is 0 Å². The SMILES string of the molecule is O=C1CC([Se]Cc2ccccc2)N1C/C=C/I. The number of likely N-dealkylation sites (tertiary alicyclic amines) is 1. The predicted molar refractivity (Wildman–Crippen MR) is 79.2 cm³/mol. The molecule has 1 fully saturated rings. The minimum atomic E-state index is 0.305. The van der Waals surface area contributed by atoms with Gasteiger partial charge in [-0.3, -0.25) is 0 Å². The van der Waals surface area contributed by atoms with Crippen LogP contribution in [0.3, 0.4) is 0 Å². The van der Waals surface area contributed by atoms with E-state index in [-0.39, 0.29) is 0 Å². The van der Waals surface area contributed by atoms with Crippen molar-refractivity contribution < 1.29 is 4.79 Å². The molecule has 0 saturated carbocycles. The van der Waals surface area contributed by atoms with E-state index in [4.69, 9.17) is 0 Å². The van der Waals surface area contributed by atoms with Gasteiger partial charge in [0.25, 0.3) is 0 Å². The molecule has 0 spiro atoms. The molecule has 2 rings (SSSR count). The van der Waals surface area contributed by atoms with Gasteiger partial charge in [-0.05, 0) is 0 Å². The number of halogens is 1. The number of benzene rings is 1. The molecule has 90 valence electrons. The van der Waals surface area contributed by atoms with Gasteiger partial charge in [-0.25, -0.2) is 0 Å². The maximum atomic E-state index is 11.5. The molecule has 4 heteroatoms. The number of amides is 1. The quantitative estimate of drug-likeness (QED) is 0.418. The molecular formula is C13H14INOSe. The first-order chi connectivity index (χ1) is 8.31. The third-order valence-electron chi connectivity index (χ3n) is 2.69. The Morgan fingerprint density at radius 3 is 2.82 bits per heavy atom. The molecule has 2 nitrogen and oxygen atoms in total. The van der Waals surface area contributed by atoms with Gasteiger partial charge in [-0.1, -0.05) is 0 Å². The first-order valence-corrected chi connectivity index (χ1v) is 8.96. The van der Waals surface area contributed by atoms with Crippen LogP contribution < -0.4 is 0 Å². The van der Waals surface area contributed by atoms with E-state index in [1.165, 1.54) is 5.56 Å². The molecular weight excluding hydrogens is 392 g/mol. The fraction of sp³-hybridized carbons (Fsp3) is 0.308. The van der Waals surface area contributed by atoms with Crippen LogP contribution in [0, 0.1) is 0 Å². The molecule has 1 aromatic rings. The van der Waals surface area contributed by atoms with Crippen molar-refractivity contribution in [1.29, 1.82) is 0 Å². The standard InChI is InChI=1S/C13H14INOSe/c14-7-4-8-15-12(16)9-13(15)17-10-11-5-2-1-3-6-11/h1-7,13H,8-10H2/b7-4+. The first-order valence-electron chi connectivity index (χ1n) is 5.51. The average molecular weight is 406 g/mol. The van der Waals surface area contributed by atoms with Crippen molar-refractivity contribution in [2.75, 3.05) is 6.54 Å². The Morgan fingerprint density at radius 2 is 2.18 bits per heavy atom. The van der Waals surface area contributed by atoms with Crippen LogP contribution >= 0.6 is 22.6 Å². The van der Waals surface area contributed by atoms with Crippen molar-refractivity contribution >= 4 is 43.5 Å². The molecule has 0 N–H and O–H groups in total. The van der Waals surface area contributed by atoms with Crippen LogP contribution in [-0.4, -0.2) is 37.2 Å². The van der Waals surface area contributed by atoms with E-state index < -0.39 is 0 Å². The maximum absolute atomic E-state index is 11.5. The van der Waals surface area contributed by atoms with Crippen LogP contribution in [0.15, 0.2) is 40.5 Å². The van der Waals surface area contributed by atoms with Gasteiger partial charge < -0.3 is 0 Å². The van der Waals surface area contributed by atoms with Crippen LogP contribution in [0.4, 0.5) is 0 Å². The van der Waals surface area contributed by atoms with E-state index in [9.17, 15) is 4.79 Å². The summed E-state index contributed by atoms with van der Waals surface area (Å²) in [6.45, 7) is 0.781. The zero-order valence-electron chi connectivity index (χ0n) is 9.38. The number of rotatable bonds is 5. The third-order valence-corrected chi connectivity index (χ3v) is 5.94. The van der Waals surface area contributed by atoms with Gasteiger partial charge in [0.05, 0.1) is 0 Å². The molecule has 0 aromatic heterocycles. The molecule has 1 heterocycles. The van der Waals surface area contributed by atoms with Gasteiger partial charge in [0, 0.05) is 0 Å². The summed E-state index contributed by atoms with van der Waals surface area (Å²) >= 11 is 2.69. The van der Waals surface area contributed by atoms with Crippen LogP contribution in [0.1, 0.15) is 12.0 Å². The average Bonchev–Trinajstić information content (AvgIpc) is 2.36. The Morgan fingerprint density at radius 1 is 1.41 bits per heavy atom. The Labute approximate surface area is 122 Å². The van der Waals surface area contributed by atoms with E-state index in [2.05, 4.69) is 46.9 Å². The number of carbonyl (C=O) groups is 1. The number of nitrogens with zero attached hydrogens (tertiary/aromatic N) is 1. The zero-order chi connectivity index (χ0) is 12.1. The van der Waals surface area contributed by atoms with Gasteiger partial charge >= 0.3 is 122 Å². The number of hydrogen-bond acceptors (Lipinski definition) is 1. The summed E-state index contributed by atoms with van der Waals surface area (Å²) in [5, 5.41) is 1.12. The summed E-state index contributed by atoms with van der Waals surface area (Å²) in [4.78, 5) is 14.0. The molecule has 0 bridgehead atoms. The second-order valence-electron chi connectivity index (χ2n) is 3.86. The number of carbonyl (C=O) groups excluding carboxylic acids is 1. The fourth-order valence-electron chi connectivity index (χ4n) is 1.71. The van der Waals surface area contributed by atoms with Gasteiger partial charge in [-0.2, -0.15) is 0 Å². The summed E-state index contributed by atoms with van der Waals surface area (Å²) in [5.74, 6) is 0.305. The molecule has 1 aromatic carbocycles. The molecule has 1 atom stereocenters. The molecule has 1 aliphatic heterocycles. The van der Waals surface area contributed by atoms with Crippen molar-refractivity contribution in [3.05, 3.63) is 46.1 Å². The predicted octanol–water partition coefficient (Wildman–Crippen LogP) is 2.40. The van der Waals surface area contributed by atoms with E-state index in [0.29, 0.717) is 25.8 Å². The second kappa shape index (κ2) is 6.57. The summed E-state index contributed by atoms with van der Waals surface area (Å²) in [5.41, 5.74) is 1.39. The van der Waals surface area contributed by atoms with E-state index in [1.807, 2.05) is 21.1 Å². The van der Waals surface area contributed by atoms with Gasteiger partial charge in [-0.15, -0.1) is 0 Å². The van der Waals surface area contributed by atoms with E-state index in [0.717, 1.165) is 18.3 Å². The topological polar surface area (TPSA) is 20.3 Å². The van der Waals surface area contributed by atoms with Crippen molar-refractivity contribution in [3.63, 3.8) is 0 Å². The summed E-state index contributed by atoms with van der Waals surface area (Å²) < 4.78 is 1.98. The van der Waals surface area contributed by atoms with E-state index in [1.54, 1.807) is 0 Å². The van der Waals surface area contributed by atoms with Crippen molar-refractivity contribution in [1.82, 2.24) is 4.90 Å². The molecule has 0 aliphatic carbocycles. The molecule has 1 amide bonds. The summed E-state index contributed by atoms with van der Waals surface area (Å²) in [7, 11) is 0. The van der Waals surface area contributed by atoms with E-state index >= 15 is 0 Å².